The van der Waals surface area contributed by atoms with Crippen LogP contribution in [0.1, 0.15) is 50.6 Å². The molecule has 42 heavy (non-hydrogen) atoms. The first kappa shape index (κ1) is 29.2. The Morgan fingerprint density at radius 2 is 1.76 bits per heavy atom. The Kier molecular flexibility index (Phi) is 8.56. The van der Waals surface area contributed by atoms with Crippen LogP contribution < -0.4 is 9.64 Å². The number of thiazole rings is 1. The summed E-state index contributed by atoms with van der Waals surface area (Å²) in [6.07, 6.45) is 0. The molecule has 5 rings (SSSR count). The fraction of sp³-hybridized carbons (Fsp3) is 0.188. The number of ether oxygens (including phenoxy) is 2. The SMILES string of the molecule is CCOC(=O)c1sc(N2C(=O)C(=O)/C(=C(/O)c3ccc(OCc4ccccc4)cc3C)C2c2ccc(Br)cc2)nc1C. The van der Waals surface area contributed by atoms with E-state index in [0.29, 0.717) is 34.7 Å². The van der Waals surface area contributed by atoms with Crippen molar-refractivity contribution in [2.75, 3.05) is 11.5 Å². The van der Waals surface area contributed by atoms with E-state index >= 15 is 0 Å². The van der Waals surface area contributed by atoms with E-state index in [1.807, 2.05) is 30.3 Å². The van der Waals surface area contributed by atoms with Crippen LogP contribution in [0, 0.1) is 13.8 Å². The molecule has 1 unspecified atom stereocenters. The fourth-order valence-electron chi connectivity index (χ4n) is 4.74. The number of hydrogen-bond donors (Lipinski definition) is 1. The van der Waals surface area contributed by atoms with Crippen molar-refractivity contribution in [3.8, 4) is 5.75 Å². The van der Waals surface area contributed by atoms with E-state index in [9.17, 15) is 19.5 Å². The normalized spacial score (nSPS) is 16.1. The summed E-state index contributed by atoms with van der Waals surface area (Å²) in [7, 11) is 0. The molecule has 1 aliphatic rings. The number of carbonyl (C=O) groups is 3. The highest BCUT2D eigenvalue weighted by Gasteiger charge is 2.48. The molecule has 1 N–H and O–H groups in total. The number of amides is 1. The van der Waals surface area contributed by atoms with Gasteiger partial charge in [0.15, 0.2) is 5.13 Å². The average Bonchev–Trinajstić information content (AvgIpc) is 3.49. The molecule has 10 heteroatoms. The molecule has 1 fully saturated rings. The maximum absolute atomic E-state index is 13.6. The van der Waals surface area contributed by atoms with Crippen molar-refractivity contribution >= 4 is 55.8 Å². The summed E-state index contributed by atoms with van der Waals surface area (Å²) in [6, 6.07) is 21.0. The first-order valence-electron chi connectivity index (χ1n) is 13.2. The third-order valence-electron chi connectivity index (χ3n) is 6.78. The number of Topliss-reactive ketones (excluding diaryl/α,β-unsaturated/α-hetero) is 1. The van der Waals surface area contributed by atoms with Gasteiger partial charge >= 0.3 is 11.9 Å². The molecule has 1 aliphatic heterocycles. The highest BCUT2D eigenvalue weighted by atomic mass is 79.9. The third-order valence-corrected chi connectivity index (χ3v) is 8.45. The number of carbonyl (C=O) groups excluding carboxylic acids is 3. The summed E-state index contributed by atoms with van der Waals surface area (Å²) in [5.74, 6) is -1.97. The number of rotatable bonds is 8. The zero-order valence-electron chi connectivity index (χ0n) is 23.1. The van der Waals surface area contributed by atoms with Crippen molar-refractivity contribution < 1.29 is 29.0 Å². The van der Waals surface area contributed by atoms with Crippen LogP contribution >= 0.6 is 27.3 Å². The van der Waals surface area contributed by atoms with Crippen LogP contribution in [0.2, 0.25) is 0 Å². The predicted molar refractivity (Wildman–Crippen MR) is 164 cm³/mol. The van der Waals surface area contributed by atoms with Gasteiger partial charge in [0, 0.05) is 10.0 Å². The van der Waals surface area contributed by atoms with Gasteiger partial charge in [-0.2, -0.15) is 0 Å². The van der Waals surface area contributed by atoms with Gasteiger partial charge in [0.2, 0.25) is 0 Å². The molecule has 0 aliphatic carbocycles. The molecule has 2 heterocycles. The second kappa shape index (κ2) is 12.3. The minimum absolute atomic E-state index is 0.0751. The van der Waals surface area contributed by atoms with Gasteiger partial charge < -0.3 is 14.6 Å². The van der Waals surface area contributed by atoms with E-state index in [1.165, 1.54) is 4.90 Å². The number of benzene rings is 3. The Morgan fingerprint density at radius 1 is 1.05 bits per heavy atom. The summed E-state index contributed by atoms with van der Waals surface area (Å²) < 4.78 is 11.9. The maximum atomic E-state index is 13.6. The van der Waals surface area contributed by atoms with Crippen LogP contribution in [0.4, 0.5) is 5.13 Å². The minimum Gasteiger partial charge on any atom is -0.507 e. The van der Waals surface area contributed by atoms with E-state index in [0.717, 1.165) is 21.4 Å². The Morgan fingerprint density at radius 3 is 2.43 bits per heavy atom. The molecule has 8 nitrogen and oxygen atoms in total. The number of esters is 1. The molecule has 4 aromatic rings. The molecule has 1 saturated heterocycles. The van der Waals surface area contributed by atoms with Crippen molar-refractivity contribution in [1.82, 2.24) is 4.98 Å². The quantitative estimate of drug-likeness (QED) is 0.0960. The second-order valence-electron chi connectivity index (χ2n) is 9.60. The number of aliphatic hydroxyl groups is 1. The summed E-state index contributed by atoms with van der Waals surface area (Å²) in [5.41, 5.74) is 2.96. The molecule has 0 radical (unpaired) electrons. The summed E-state index contributed by atoms with van der Waals surface area (Å²) in [6.45, 7) is 5.70. The first-order valence-corrected chi connectivity index (χ1v) is 14.8. The Bertz CT molecular complexity index is 1700. The van der Waals surface area contributed by atoms with Gasteiger partial charge in [-0.15, -0.1) is 0 Å². The van der Waals surface area contributed by atoms with Crippen LogP contribution in [-0.4, -0.2) is 34.4 Å². The van der Waals surface area contributed by atoms with Crippen molar-refractivity contribution in [3.05, 3.63) is 116 Å². The van der Waals surface area contributed by atoms with Crippen LogP contribution in [0.15, 0.2) is 82.8 Å². The minimum atomic E-state index is -0.980. The maximum Gasteiger partial charge on any atom is 0.350 e. The lowest BCUT2D eigenvalue weighted by atomic mass is 9.94. The highest BCUT2D eigenvalue weighted by molar-refractivity contribution is 9.10. The second-order valence-corrected chi connectivity index (χ2v) is 11.5. The van der Waals surface area contributed by atoms with Crippen LogP contribution in [0.25, 0.3) is 5.76 Å². The molecule has 0 bridgehead atoms. The van der Waals surface area contributed by atoms with Gasteiger partial charge in [-0.3, -0.25) is 14.5 Å². The van der Waals surface area contributed by atoms with Gasteiger partial charge in [-0.25, -0.2) is 9.78 Å². The van der Waals surface area contributed by atoms with E-state index in [1.54, 1.807) is 63.2 Å². The number of halogens is 1. The average molecular weight is 648 g/mol. The van der Waals surface area contributed by atoms with Crippen LogP contribution in [-0.2, 0) is 20.9 Å². The van der Waals surface area contributed by atoms with Gasteiger partial charge in [-0.05, 0) is 67.8 Å². The fourth-order valence-corrected chi connectivity index (χ4v) is 5.99. The summed E-state index contributed by atoms with van der Waals surface area (Å²) >= 11 is 4.39. The summed E-state index contributed by atoms with van der Waals surface area (Å²) in [4.78, 5) is 45.5. The topological polar surface area (TPSA) is 106 Å². The molecule has 0 spiro atoms. The lowest BCUT2D eigenvalue weighted by Gasteiger charge is -2.23. The number of aliphatic hydroxyl groups excluding tert-OH is 1. The predicted octanol–water partition coefficient (Wildman–Crippen LogP) is 6.90. The van der Waals surface area contributed by atoms with E-state index in [-0.39, 0.29) is 27.9 Å². The Hall–Kier alpha value is -4.28. The summed E-state index contributed by atoms with van der Waals surface area (Å²) in [5, 5.41) is 11.8. The molecule has 3 aromatic carbocycles. The van der Waals surface area contributed by atoms with Gasteiger partial charge in [0.1, 0.15) is 23.0 Å². The number of nitrogens with zero attached hydrogens (tertiary/aromatic N) is 2. The van der Waals surface area contributed by atoms with E-state index < -0.39 is 23.7 Å². The van der Waals surface area contributed by atoms with Crippen LogP contribution in [0.5, 0.6) is 5.75 Å². The van der Waals surface area contributed by atoms with E-state index in [2.05, 4.69) is 20.9 Å². The Balaban J connectivity index is 1.57. The van der Waals surface area contributed by atoms with Gasteiger partial charge in [-0.1, -0.05) is 69.7 Å². The number of anilines is 1. The number of aryl methyl sites for hydroxylation is 2. The molecule has 1 amide bonds. The first-order chi connectivity index (χ1) is 20.2. The molecule has 214 valence electrons. The molecule has 1 atom stereocenters. The lowest BCUT2D eigenvalue weighted by Crippen LogP contribution is -2.29. The third kappa shape index (κ3) is 5.73. The van der Waals surface area contributed by atoms with Crippen molar-refractivity contribution in [2.45, 2.75) is 33.4 Å². The Labute approximate surface area is 255 Å². The molecular weight excluding hydrogens is 620 g/mol. The highest BCUT2D eigenvalue weighted by Crippen LogP contribution is 2.44. The lowest BCUT2D eigenvalue weighted by molar-refractivity contribution is -0.132. The van der Waals surface area contributed by atoms with Crippen LogP contribution in [0.3, 0.4) is 0 Å². The number of hydrogen-bond acceptors (Lipinski definition) is 8. The standard InChI is InChI=1S/C32H27BrN2O6S/c1-4-40-31(39)29-19(3)34-32(42-29)35-26(21-10-12-22(33)13-11-21)25(28(37)30(35)38)27(36)24-15-14-23(16-18(24)2)41-17-20-8-6-5-7-9-20/h5-16,26,36H,4,17H2,1-3H3/b27-25+. The number of ketones is 1. The number of aromatic nitrogens is 1. The zero-order chi connectivity index (χ0) is 30.0. The molecule has 1 aromatic heterocycles. The smallest absolute Gasteiger partial charge is 0.350 e. The molecular formula is C32H27BrN2O6S. The van der Waals surface area contributed by atoms with Crippen molar-refractivity contribution in [2.24, 2.45) is 0 Å². The van der Waals surface area contributed by atoms with E-state index in [4.69, 9.17) is 9.47 Å². The van der Waals surface area contributed by atoms with Crippen molar-refractivity contribution in [1.29, 1.82) is 0 Å². The van der Waals surface area contributed by atoms with Gasteiger partial charge in [0.25, 0.3) is 5.78 Å². The van der Waals surface area contributed by atoms with Crippen molar-refractivity contribution in [3.63, 3.8) is 0 Å². The largest absolute Gasteiger partial charge is 0.507 e. The van der Waals surface area contributed by atoms with Gasteiger partial charge in [0.05, 0.1) is 23.9 Å². The zero-order valence-corrected chi connectivity index (χ0v) is 25.5. The monoisotopic (exact) mass is 646 g/mol. The molecule has 0 saturated carbocycles.